The van der Waals surface area contributed by atoms with E-state index in [9.17, 15) is 4.39 Å². The van der Waals surface area contributed by atoms with E-state index in [0.29, 0.717) is 11.3 Å². The molecule has 0 saturated carbocycles. The van der Waals surface area contributed by atoms with Crippen LogP contribution in [0.5, 0.6) is 0 Å². The smallest absolute Gasteiger partial charge is 0.132 e. The maximum atomic E-state index is 13.8. The van der Waals surface area contributed by atoms with Crippen molar-refractivity contribution in [1.29, 1.82) is 0 Å². The molecule has 0 amide bonds. The summed E-state index contributed by atoms with van der Waals surface area (Å²) in [5.41, 5.74) is 7.48. The van der Waals surface area contributed by atoms with E-state index in [4.69, 9.17) is 5.73 Å². The Kier molecular flexibility index (Phi) is 2.42. The van der Waals surface area contributed by atoms with Crippen LogP contribution in [0.1, 0.15) is 30.0 Å². The van der Waals surface area contributed by atoms with Crippen LogP contribution in [0.2, 0.25) is 0 Å². The SMILES string of the molecule is Cc1c(N)ccc([C@@H]2CCCN2)c1F. The predicted octanol–water partition coefficient (Wildman–Crippen LogP) is 2.14. The van der Waals surface area contributed by atoms with Crippen molar-refractivity contribution in [2.45, 2.75) is 25.8 Å². The third kappa shape index (κ3) is 1.48. The fourth-order valence-corrected chi connectivity index (χ4v) is 1.94. The largest absolute Gasteiger partial charge is 0.398 e. The minimum Gasteiger partial charge on any atom is -0.398 e. The molecule has 3 N–H and O–H groups in total. The average molecular weight is 194 g/mol. The topological polar surface area (TPSA) is 38.0 Å². The van der Waals surface area contributed by atoms with Crippen molar-refractivity contribution in [1.82, 2.24) is 5.32 Å². The minimum absolute atomic E-state index is 0.149. The van der Waals surface area contributed by atoms with Gasteiger partial charge in [-0.3, -0.25) is 0 Å². The molecular formula is C11H15FN2. The van der Waals surface area contributed by atoms with Crippen molar-refractivity contribution in [2.75, 3.05) is 12.3 Å². The Morgan fingerprint density at radius 2 is 2.29 bits per heavy atom. The number of nitrogen functional groups attached to an aromatic ring is 1. The molecule has 14 heavy (non-hydrogen) atoms. The zero-order valence-electron chi connectivity index (χ0n) is 8.31. The van der Waals surface area contributed by atoms with E-state index < -0.39 is 0 Å². The summed E-state index contributed by atoms with van der Waals surface area (Å²) in [7, 11) is 0. The van der Waals surface area contributed by atoms with Gasteiger partial charge in [0.2, 0.25) is 0 Å². The van der Waals surface area contributed by atoms with E-state index >= 15 is 0 Å². The van der Waals surface area contributed by atoms with Crippen LogP contribution in [0, 0.1) is 12.7 Å². The fourth-order valence-electron chi connectivity index (χ4n) is 1.94. The van der Waals surface area contributed by atoms with Crippen LogP contribution in [-0.2, 0) is 0 Å². The fraction of sp³-hybridized carbons (Fsp3) is 0.455. The minimum atomic E-state index is -0.149. The van der Waals surface area contributed by atoms with Gasteiger partial charge in [0.25, 0.3) is 0 Å². The van der Waals surface area contributed by atoms with Crippen LogP contribution in [0.25, 0.3) is 0 Å². The van der Waals surface area contributed by atoms with Gasteiger partial charge in [-0.05, 0) is 32.4 Å². The third-order valence-corrected chi connectivity index (χ3v) is 2.89. The van der Waals surface area contributed by atoms with Crippen molar-refractivity contribution in [3.8, 4) is 0 Å². The lowest BCUT2D eigenvalue weighted by molar-refractivity contribution is 0.553. The molecule has 0 spiro atoms. The summed E-state index contributed by atoms with van der Waals surface area (Å²) in [5, 5.41) is 3.28. The Morgan fingerprint density at radius 1 is 1.50 bits per heavy atom. The Morgan fingerprint density at radius 3 is 2.93 bits per heavy atom. The van der Waals surface area contributed by atoms with E-state index in [0.717, 1.165) is 24.9 Å². The highest BCUT2D eigenvalue weighted by atomic mass is 19.1. The molecule has 1 aliphatic heterocycles. The molecule has 1 saturated heterocycles. The van der Waals surface area contributed by atoms with Crippen molar-refractivity contribution in [3.63, 3.8) is 0 Å². The van der Waals surface area contributed by atoms with Crippen LogP contribution in [0.4, 0.5) is 10.1 Å². The first kappa shape index (κ1) is 9.46. The molecule has 0 bridgehead atoms. The molecule has 76 valence electrons. The maximum Gasteiger partial charge on any atom is 0.132 e. The van der Waals surface area contributed by atoms with Crippen molar-refractivity contribution in [2.24, 2.45) is 0 Å². The number of benzene rings is 1. The second kappa shape index (κ2) is 3.58. The molecule has 1 heterocycles. The van der Waals surface area contributed by atoms with Gasteiger partial charge in [-0.2, -0.15) is 0 Å². The Hall–Kier alpha value is -1.09. The molecule has 3 heteroatoms. The molecule has 1 aliphatic rings. The molecule has 0 unspecified atom stereocenters. The summed E-state index contributed by atoms with van der Waals surface area (Å²) in [6, 6.07) is 3.75. The Labute approximate surface area is 83.3 Å². The number of nitrogens with one attached hydrogen (secondary N) is 1. The number of halogens is 1. The molecule has 1 aromatic carbocycles. The number of hydrogen-bond acceptors (Lipinski definition) is 2. The van der Waals surface area contributed by atoms with E-state index in [1.165, 1.54) is 0 Å². The number of rotatable bonds is 1. The molecular weight excluding hydrogens is 179 g/mol. The molecule has 0 aliphatic carbocycles. The third-order valence-electron chi connectivity index (χ3n) is 2.89. The average Bonchev–Trinajstić information content (AvgIpc) is 2.67. The van der Waals surface area contributed by atoms with Gasteiger partial charge in [-0.25, -0.2) is 4.39 Å². The lowest BCUT2D eigenvalue weighted by Gasteiger charge is -2.14. The zero-order valence-corrected chi connectivity index (χ0v) is 8.31. The molecule has 1 fully saturated rings. The lowest BCUT2D eigenvalue weighted by atomic mass is 10.0. The monoisotopic (exact) mass is 194 g/mol. The van der Waals surface area contributed by atoms with Gasteiger partial charge in [0.05, 0.1) is 0 Å². The van der Waals surface area contributed by atoms with Gasteiger partial charge >= 0.3 is 0 Å². The van der Waals surface area contributed by atoms with E-state index in [1.807, 2.05) is 0 Å². The normalized spacial score (nSPS) is 21.4. The first-order valence-corrected chi connectivity index (χ1v) is 4.98. The van der Waals surface area contributed by atoms with Crippen molar-refractivity contribution in [3.05, 3.63) is 29.1 Å². The van der Waals surface area contributed by atoms with Gasteiger partial charge in [-0.15, -0.1) is 0 Å². The van der Waals surface area contributed by atoms with E-state index in [-0.39, 0.29) is 11.9 Å². The van der Waals surface area contributed by atoms with Crippen molar-refractivity contribution < 1.29 is 4.39 Å². The van der Waals surface area contributed by atoms with Crippen LogP contribution in [0.3, 0.4) is 0 Å². The molecule has 0 aromatic heterocycles. The first-order chi connectivity index (χ1) is 6.70. The predicted molar refractivity (Wildman–Crippen MR) is 55.5 cm³/mol. The summed E-state index contributed by atoms with van der Waals surface area (Å²) < 4.78 is 13.8. The standard InChI is InChI=1S/C11H15FN2/c1-7-9(13)5-4-8(11(7)12)10-3-2-6-14-10/h4-5,10,14H,2-3,6,13H2,1H3/t10-/m0/s1. The van der Waals surface area contributed by atoms with Crippen LogP contribution in [-0.4, -0.2) is 6.54 Å². The van der Waals surface area contributed by atoms with Gasteiger partial charge in [0.1, 0.15) is 5.82 Å². The van der Waals surface area contributed by atoms with Gasteiger partial charge in [0, 0.05) is 22.9 Å². The molecule has 2 nitrogen and oxygen atoms in total. The molecule has 1 atom stereocenters. The highest BCUT2D eigenvalue weighted by Gasteiger charge is 2.20. The summed E-state index contributed by atoms with van der Waals surface area (Å²) in [4.78, 5) is 0. The summed E-state index contributed by atoms with van der Waals surface area (Å²) in [6.07, 6.45) is 2.13. The molecule has 0 radical (unpaired) electrons. The zero-order chi connectivity index (χ0) is 10.1. The van der Waals surface area contributed by atoms with Gasteiger partial charge in [-0.1, -0.05) is 6.07 Å². The second-order valence-corrected chi connectivity index (χ2v) is 3.83. The van der Waals surface area contributed by atoms with Crippen molar-refractivity contribution >= 4 is 5.69 Å². The highest BCUT2D eigenvalue weighted by Crippen LogP contribution is 2.28. The number of hydrogen-bond donors (Lipinski definition) is 2. The van der Waals surface area contributed by atoms with Crippen LogP contribution in [0.15, 0.2) is 12.1 Å². The lowest BCUT2D eigenvalue weighted by Crippen LogP contribution is -2.15. The molecule has 1 aromatic rings. The van der Waals surface area contributed by atoms with Gasteiger partial charge in [0.15, 0.2) is 0 Å². The Balaban J connectivity index is 2.38. The van der Waals surface area contributed by atoms with Gasteiger partial charge < -0.3 is 11.1 Å². The number of nitrogens with two attached hydrogens (primary N) is 1. The van der Waals surface area contributed by atoms with Crippen LogP contribution < -0.4 is 11.1 Å². The number of anilines is 1. The van der Waals surface area contributed by atoms with E-state index in [2.05, 4.69) is 5.32 Å². The summed E-state index contributed by atoms with van der Waals surface area (Å²) in [6.45, 7) is 2.71. The highest BCUT2D eigenvalue weighted by molar-refractivity contribution is 5.49. The Bertz CT molecular complexity index is 343. The first-order valence-electron chi connectivity index (χ1n) is 4.98. The molecule has 2 rings (SSSR count). The second-order valence-electron chi connectivity index (χ2n) is 3.83. The summed E-state index contributed by atoms with van der Waals surface area (Å²) >= 11 is 0. The summed E-state index contributed by atoms with van der Waals surface area (Å²) in [5.74, 6) is -0.149. The van der Waals surface area contributed by atoms with E-state index in [1.54, 1.807) is 19.1 Å². The maximum absolute atomic E-state index is 13.8. The van der Waals surface area contributed by atoms with Crippen LogP contribution >= 0.6 is 0 Å². The quantitative estimate of drug-likeness (QED) is 0.672.